The van der Waals surface area contributed by atoms with Crippen molar-refractivity contribution in [3.8, 4) is 0 Å². The van der Waals surface area contributed by atoms with E-state index in [0.717, 1.165) is 41.9 Å². The maximum atomic E-state index is 6.03. The third-order valence-corrected chi connectivity index (χ3v) is 5.88. The van der Waals surface area contributed by atoms with Gasteiger partial charge in [-0.15, -0.1) is 0 Å². The molecule has 0 amide bonds. The van der Waals surface area contributed by atoms with Crippen LogP contribution >= 0.6 is 0 Å². The van der Waals surface area contributed by atoms with Crippen LogP contribution in [0, 0.1) is 29.6 Å². The molecule has 0 unspecified atom stereocenters. The van der Waals surface area contributed by atoms with Gasteiger partial charge in [-0.2, -0.15) is 4.98 Å². The molecule has 0 saturated heterocycles. The summed E-state index contributed by atoms with van der Waals surface area (Å²) in [4.78, 5) is 4.53. The minimum atomic E-state index is -0.508. The molecule has 2 N–H and O–H groups in total. The van der Waals surface area contributed by atoms with Gasteiger partial charge in [-0.05, 0) is 75.5 Å². The Kier molecular flexibility index (Phi) is 2.75. The summed E-state index contributed by atoms with van der Waals surface area (Å²) in [6.45, 7) is 3.84. The van der Waals surface area contributed by atoms with E-state index in [1.165, 1.54) is 32.1 Å². The Hall–Kier alpha value is -0.900. The first-order valence-corrected chi connectivity index (χ1v) is 8.11. The highest BCUT2D eigenvalue weighted by molar-refractivity contribution is 5.03. The molecule has 5 rings (SSSR count). The molecular formula is C16H25N3O. The molecule has 4 aliphatic rings. The Balaban J connectivity index is 1.50. The molecule has 0 aromatic carbocycles. The van der Waals surface area contributed by atoms with Gasteiger partial charge in [-0.1, -0.05) is 5.16 Å². The van der Waals surface area contributed by atoms with E-state index < -0.39 is 5.54 Å². The van der Waals surface area contributed by atoms with Crippen LogP contribution in [0.2, 0.25) is 0 Å². The van der Waals surface area contributed by atoms with Gasteiger partial charge in [0.15, 0.2) is 5.82 Å². The molecule has 4 bridgehead atoms. The minimum Gasteiger partial charge on any atom is -0.339 e. The van der Waals surface area contributed by atoms with E-state index in [1.54, 1.807) is 0 Å². The van der Waals surface area contributed by atoms with Gasteiger partial charge < -0.3 is 10.3 Å². The molecule has 4 aliphatic carbocycles. The molecule has 4 fully saturated rings. The third-order valence-electron chi connectivity index (χ3n) is 5.88. The molecule has 0 spiro atoms. The summed E-state index contributed by atoms with van der Waals surface area (Å²) < 4.78 is 5.46. The Morgan fingerprint density at radius 2 is 1.70 bits per heavy atom. The molecule has 0 atom stereocenters. The first kappa shape index (κ1) is 12.8. The highest BCUT2D eigenvalue weighted by Gasteiger charge is 2.48. The highest BCUT2D eigenvalue weighted by atomic mass is 16.5. The van der Waals surface area contributed by atoms with Crippen molar-refractivity contribution < 1.29 is 4.52 Å². The second kappa shape index (κ2) is 4.30. The van der Waals surface area contributed by atoms with E-state index in [1.807, 2.05) is 13.8 Å². The number of nitrogens with two attached hydrogens (primary N) is 1. The predicted octanol–water partition coefficient (Wildman–Crippen LogP) is 2.88. The van der Waals surface area contributed by atoms with Gasteiger partial charge in [0, 0.05) is 6.42 Å². The number of hydrogen-bond donors (Lipinski definition) is 1. The zero-order valence-electron chi connectivity index (χ0n) is 12.5. The second-order valence-electron chi connectivity index (χ2n) is 8.03. The minimum absolute atomic E-state index is 0.508. The van der Waals surface area contributed by atoms with Crippen molar-refractivity contribution in [2.75, 3.05) is 0 Å². The van der Waals surface area contributed by atoms with Crippen LogP contribution in [0.3, 0.4) is 0 Å². The van der Waals surface area contributed by atoms with Crippen molar-refractivity contribution in [3.63, 3.8) is 0 Å². The van der Waals surface area contributed by atoms with Gasteiger partial charge in [0.05, 0.1) is 5.54 Å². The van der Waals surface area contributed by atoms with Crippen LogP contribution in [-0.2, 0) is 12.0 Å². The Morgan fingerprint density at radius 3 is 2.20 bits per heavy atom. The van der Waals surface area contributed by atoms with Gasteiger partial charge >= 0.3 is 0 Å². The average molecular weight is 275 g/mol. The Morgan fingerprint density at radius 1 is 1.10 bits per heavy atom. The lowest BCUT2D eigenvalue weighted by molar-refractivity contribution is -0.0385. The van der Waals surface area contributed by atoms with Crippen molar-refractivity contribution >= 4 is 0 Å². The largest absolute Gasteiger partial charge is 0.339 e. The maximum absolute atomic E-state index is 6.03. The predicted molar refractivity (Wildman–Crippen MR) is 75.8 cm³/mol. The van der Waals surface area contributed by atoms with Crippen molar-refractivity contribution in [3.05, 3.63) is 11.7 Å². The molecule has 0 radical (unpaired) electrons. The Labute approximate surface area is 120 Å². The summed E-state index contributed by atoms with van der Waals surface area (Å²) >= 11 is 0. The van der Waals surface area contributed by atoms with E-state index in [9.17, 15) is 0 Å². The van der Waals surface area contributed by atoms with Gasteiger partial charge in [-0.25, -0.2) is 0 Å². The number of hydrogen-bond acceptors (Lipinski definition) is 4. The second-order valence-corrected chi connectivity index (χ2v) is 8.03. The fourth-order valence-electron chi connectivity index (χ4n) is 5.17. The van der Waals surface area contributed by atoms with Crippen LogP contribution in [0.25, 0.3) is 0 Å². The van der Waals surface area contributed by atoms with Gasteiger partial charge in [0.2, 0.25) is 5.89 Å². The summed E-state index contributed by atoms with van der Waals surface area (Å²) in [6, 6.07) is 0. The topological polar surface area (TPSA) is 64.9 Å². The zero-order valence-corrected chi connectivity index (χ0v) is 12.5. The van der Waals surface area contributed by atoms with Crippen LogP contribution in [0.1, 0.15) is 57.7 Å². The third kappa shape index (κ3) is 2.09. The van der Waals surface area contributed by atoms with Crippen LogP contribution in [0.5, 0.6) is 0 Å². The van der Waals surface area contributed by atoms with Crippen molar-refractivity contribution in [2.45, 2.75) is 57.9 Å². The molecule has 1 aromatic heterocycles. The summed E-state index contributed by atoms with van der Waals surface area (Å²) in [5.41, 5.74) is 5.53. The first-order chi connectivity index (χ1) is 9.49. The quantitative estimate of drug-likeness (QED) is 0.921. The number of nitrogens with zero attached hydrogens (tertiary/aromatic N) is 2. The van der Waals surface area contributed by atoms with E-state index in [0.29, 0.717) is 5.82 Å². The van der Waals surface area contributed by atoms with Crippen molar-refractivity contribution in [1.82, 2.24) is 10.1 Å². The number of aromatic nitrogens is 2. The molecule has 4 saturated carbocycles. The van der Waals surface area contributed by atoms with Gasteiger partial charge in [-0.3, -0.25) is 0 Å². The van der Waals surface area contributed by atoms with Crippen molar-refractivity contribution in [2.24, 2.45) is 35.3 Å². The maximum Gasteiger partial charge on any atom is 0.227 e. The smallest absolute Gasteiger partial charge is 0.227 e. The standard InChI is InChI=1S/C16H25N3O/c1-16(2,17)15-18-14(20-19-15)8-13-11-4-9-3-10(6-11)7-12(13)5-9/h9-13H,3-8,17H2,1-2H3. The first-order valence-electron chi connectivity index (χ1n) is 8.11. The van der Waals surface area contributed by atoms with Crippen LogP contribution in [0.4, 0.5) is 0 Å². The summed E-state index contributed by atoms with van der Waals surface area (Å²) in [5, 5.41) is 4.06. The van der Waals surface area contributed by atoms with E-state index in [2.05, 4.69) is 10.1 Å². The molecule has 4 nitrogen and oxygen atoms in total. The van der Waals surface area contributed by atoms with Crippen molar-refractivity contribution in [1.29, 1.82) is 0 Å². The lowest BCUT2D eigenvalue weighted by Gasteiger charge is -2.54. The molecule has 1 aromatic rings. The normalized spacial score (nSPS) is 39.5. The lowest BCUT2D eigenvalue weighted by atomic mass is 9.51. The molecule has 20 heavy (non-hydrogen) atoms. The highest BCUT2D eigenvalue weighted by Crippen LogP contribution is 2.57. The SMILES string of the molecule is CC(C)(N)c1noc(CC2C3CC4CC(C3)CC2C4)n1. The molecule has 1 heterocycles. The number of rotatable bonds is 3. The van der Waals surface area contributed by atoms with Crippen LogP contribution < -0.4 is 5.73 Å². The molecule has 4 heteroatoms. The molecule has 0 aliphatic heterocycles. The molecular weight excluding hydrogens is 250 g/mol. The van der Waals surface area contributed by atoms with Gasteiger partial charge in [0.1, 0.15) is 0 Å². The average Bonchev–Trinajstić information content (AvgIpc) is 2.81. The zero-order chi connectivity index (χ0) is 13.9. The monoisotopic (exact) mass is 275 g/mol. The van der Waals surface area contributed by atoms with E-state index in [-0.39, 0.29) is 0 Å². The summed E-state index contributed by atoms with van der Waals surface area (Å²) in [6.07, 6.45) is 8.26. The van der Waals surface area contributed by atoms with Crippen LogP contribution in [0.15, 0.2) is 4.52 Å². The lowest BCUT2D eigenvalue weighted by Crippen LogP contribution is -2.45. The van der Waals surface area contributed by atoms with E-state index in [4.69, 9.17) is 10.3 Å². The van der Waals surface area contributed by atoms with Crippen LogP contribution in [-0.4, -0.2) is 10.1 Å². The fraction of sp³-hybridized carbons (Fsp3) is 0.875. The summed E-state index contributed by atoms with van der Waals surface area (Å²) in [7, 11) is 0. The Bertz CT molecular complexity index is 474. The summed E-state index contributed by atoms with van der Waals surface area (Å²) in [5.74, 6) is 6.08. The fourth-order valence-corrected chi connectivity index (χ4v) is 5.17. The molecule has 110 valence electrons. The van der Waals surface area contributed by atoms with E-state index >= 15 is 0 Å². The van der Waals surface area contributed by atoms with Gasteiger partial charge in [0.25, 0.3) is 0 Å².